The fourth-order valence-corrected chi connectivity index (χ4v) is 4.76. The van der Waals surface area contributed by atoms with Gasteiger partial charge in [-0.25, -0.2) is 10.4 Å². The second-order valence-electron chi connectivity index (χ2n) is 6.45. The van der Waals surface area contributed by atoms with E-state index in [4.69, 9.17) is 16.3 Å². The molecule has 2 heterocycles. The first-order chi connectivity index (χ1) is 12.7. The van der Waals surface area contributed by atoms with Crippen LogP contribution in [-0.2, 0) is 4.57 Å². The Labute approximate surface area is 171 Å². The number of hydrogen-bond donors (Lipinski definition) is 2. The van der Waals surface area contributed by atoms with E-state index in [1.165, 1.54) is 0 Å². The first kappa shape index (κ1) is 20.1. The number of halogens is 2. The lowest BCUT2D eigenvalue weighted by atomic mass is 10.1. The SMILES string of the molecule is COc1c(C2=CN(C)NC2)ccc(Nc2nc(Cl)ncc2Br)c1P(C)(C)=O. The molecule has 1 aromatic carbocycles. The maximum atomic E-state index is 13.2. The molecule has 2 aromatic rings. The van der Waals surface area contributed by atoms with E-state index in [-0.39, 0.29) is 5.28 Å². The van der Waals surface area contributed by atoms with Crippen LogP contribution >= 0.6 is 34.7 Å². The molecule has 7 nitrogen and oxygen atoms in total. The minimum atomic E-state index is -2.70. The summed E-state index contributed by atoms with van der Waals surface area (Å²) in [6, 6.07) is 3.83. The van der Waals surface area contributed by atoms with E-state index < -0.39 is 7.14 Å². The number of rotatable bonds is 5. The monoisotopic (exact) mass is 471 g/mol. The molecule has 3 rings (SSSR count). The number of nitrogens with one attached hydrogen (secondary N) is 2. The van der Waals surface area contributed by atoms with Crippen LogP contribution in [0.4, 0.5) is 11.5 Å². The lowest BCUT2D eigenvalue weighted by Crippen LogP contribution is -2.23. The zero-order valence-electron chi connectivity index (χ0n) is 15.4. The molecule has 0 bridgehead atoms. The van der Waals surface area contributed by atoms with Crippen molar-refractivity contribution in [3.8, 4) is 5.75 Å². The molecule has 0 aliphatic carbocycles. The topological polar surface area (TPSA) is 79.4 Å². The van der Waals surface area contributed by atoms with Gasteiger partial charge in [0.15, 0.2) is 0 Å². The Bertz CT molecular complexity index is 963. The van der Waals surface area contributed by atoms with Gasteiger partial charge in [0, 0.05) is 31.6 Å². The van der Waals surface area contributed by atoms with Crippen molar-refractivity contribution in [2.24, 2.45) is 0 Å². The predicted octanol–water partition coefficient (Wildman–Crippen LogP) is 3.68. The summed E-state index contributed by atoms with van der Waals surface area (Å²) < 4.78 is 19.5. The minimum Gasteiger partial charge on any atom is -0.495 e. The van der Waals surface area contributed by atoms with Crippen molar-refractivity contribution in [1.82, 2.24) is 20.4 Å². The van der Waals surface area contributed by atoms with Gasteiger partial charge in [-0.05, 0) is 58.6 Å². The molecule has 0 unspecified atom stereocenters. The molecule has 1 aliphatic heterocycles. The van der Waals surface area contributed by atoms with E-state index in [0.717, 1.165) is 11.1 Å². The summed E-state index contributed by atoms with van der Waals surface area (Å²) in [5.41, 5.74) is 5.82. The molecule has 1 aliphatic rings. The molecule has 10 heteroatoms. The standard InChI is InChI=1S/C17H20BrClN5O2P/c1-24-9-10(7-21-24)11-5-6-13(15(14(11)26-2)27(3,4)25)22-16-12(18)8-20-17(19)23-16/h5-6,8-9,21H,7H2,1-4H3,(H,20,22,23). The molecule has 0 spiro atoms. The summed E-state index contributed by atoms with van der Waals surface area (Å²) >= 11 is 9.32. The highest BCUT2D eigenvalue weighted by Crippen LogP contribution is 2.45. The van der Waals surface area contributed by atoms with Gasteiger partial charge in [0.1, 0.15) is 18.7 Å². The maximum Gasteiger partial charge on any atom is 0.224 e. The van der Waals surface area contributed by atoms with Crippen LogP contribution in [0.3, 0.4) is 0 Å². The highest BCUT2D eigenvalue weighted by molar-refractivity contribution is 9.10. The average molecular weight is 473 g/mol. The van der Waals surface area contributed by atoms with Crippen molar-refractivity contribution in [2.75, 3.05) is 39.3 Å². The number of hydrazine groups is 1. The van der Waals surface area contributed by atoms with Gasteiger partial charge in [-0.3, -0.25) is 0 Å². The lowest BCUT2D eigenvalue weighted by molar-refractivity contribution is 0.374. The Morgan fingerprint density at radius 2 is 2.15 bits per heavy atom. The van der Waals surface area contributed by atoms with Crippen molar-refractivity contribution in [1.29, 1.82) is 0 Å². The molecule has 2 N–H and O–H groups in total. The van der Waals surface area contributed by atoms with Crippen molar-refractivity contribution in [3.63, 3.8) is 0 Å². The Morgan fingerprint density at radius 3 is 2.74 bits per heavy atom. The summed E-state index contributed by atoms with van der Waals surface area (Å²) in [4.78, 5) is 8.12. The Kier molecular flexibility index (Phi) is 5.82. The number of nitrogens with zero attached hydrogens (tertiary/aromatic N) is 3. The molecular weight excluding hydrogens is 453 g/mol. The van der Waals surface area contributed by atoms with Crippen molar-refractivity contribution < 1.29 is 9.30 Å². The van der Waals surface area contributed by atoms with Gasteiger partial charge < -0.3 is 19.6 Å². The van der Waals surface area contributed by atoms with Crippen molar-refractivity contribution in [3.05, 3.63) is 39.8 Å². The number of ether oxygens (including phenoxy) is 1. The van der Waals surface area contributed by atoms with E-state index >= 15 is 0 Å². The van der Waals surface area contributed by atoms with Crippen molar-refractivity contribution >= 4 is 57.1 Å². The van der Waals surface area contributed by atoms with Gasteiger partial charge in [-0.1, -0.05) is 0 Å². The first-order valence-electron chi connectivity index (χ1n) is 8.09. The largest absolute Gasteiger partial charge is 0.495 e. The molecule has 1 aromatic heterocycles. The third kappa shape index (κ3) is 4.29. The van der Waals surface area contributed by atoms with Crippen LogP contribution in [0.1, 0.15) is 5.56 Å². The van der Waals surface area contributed by atoms with Gasteiger partial charge in [0.25, 0.3) is 0 Å². The summed E-state index contributed by atoms with van der Waals surface area (Å²) in [6.07, 6.45) is 3.55. The summed E-state index contributed by atoms with van der Waals surface area (Å²) in [6.45, 7) is 4.11. The molecule has 0 fully saturated rings. The van der Waals surface area contributed by atoms with Crippen molar-refractivity contribution in [2.45, 2.75) is 0 Å². The van der Waals surface area contributed by atoms with Crippen LogP contribution < -0.4 is 20.8 Å². The molecule has 0 atom stereocenters. The molecule has 144 valence electrons. The number of anilines is 2. The zero-order valence-corrected chi connectivity index (χ0v) is 18.6. The highest BCUT2D eigenvalue weighted by atomic mass is 79.9. The van der Waals surface area contributed by atoms with Crippen LogP contribution in [0.15, 0.2) is 29.0 Å². The Morgan fingerprint density at radius 1 is 1.41 bits per heavy atom. The van der Waals surface area contributed by atoms with E-state index in [9.17, 15) is 4.57 Å². The highest BCUT2D eigenvalue weighted by Gasteiger charge is 2.27. The smallest absolute Gasteiger partial charge is 0.224 e. The van der Waals surface area contributed by atoms with E-state index in [1.807, 2.05) is 30.4 Å². The number of methoxy groups -OCH3 is 1. The lowest BCUT2D eigenvalue weighted by Gasteiger charge is -2.21. The fourth-order valence-electron chi connectivity index (χ4n) is 2.93. The second-order valence-corrected chi connectivity index (χ2v) is 10.8. The molecular formula is C17H20BrClN5O2P. The average Bonchev–Trinajstić information content (AvgIpc) is 3.02. The van der Waals surface area contributed by atoms with Crippen LogP contribution in [0.2, 0.25) is 5.28 Å². The van der Waals surface area contributed by atoms with Crippen LogP contribution in [-0.4, -0.2) is 49.0 Å². The quantitative estimate of drug-likeness (QED) is 0.507. The third-order valence-electron chi connectivity index (χ3n) is 4.06. The first-order valence-corrected chi connectivity index (χ1v) is 11.9. The molecule has 0 radical (unpaired) electrons. The number of aromatic nitrogens is 2. The summed E-state index contributed by atoms with van der Waals surface area (Å²) in [5.74, 6) is 1.08. The number of hydrogen-bond acceptors (Lipinski definition) is 7. The van der Waals surface area contributed by atoms with Gasteiger partial charge in [-0.15, -0.1) is 0 Å². The normalized spacial score (nSPS) is 14.3. The van der Waals surface area contributed by atoms with E-state index in [0.29, 0.717) is 33.6 Å². The Balaban J connectivity index is 2.16. The Hall–Kier alpha value is -1.60. The molecule has 0 saturated carbocycles. The zero-order chi connectivity index (χ0) is 19.8. The van der Waals surface area contributed by atoms with Crippen LogP contribution in [0.25, 0.3) is 5.57 Å². The van der Waals surface area contributed by atoms with Gasteiger partial charge in [0.2, 0.25) is 5.28 Å². The number of benzene rings is 1. The predicted molar refractivity (Wildman–Crippen MR) is 114 cm³/mol. The maximum absolute atomic E-state index is 13.2. The van der Waals surface area contributed by atoms with E-state index in [1.54, 1.807) is 26.6 Å². The van der Waals surface area contributed by atoms with Crippen LogP contribution in [0.5, 0.6) is 5.75 Å². The van der Waals surface area contributed by atoms with Crippen LogP contribution in [0, 0.1) is 0 Å². The second kappa shape index (κ2) is 7.80. The van der Waals surface area contributed by atoms with Gasteiger partial charge in [0.05, 0.1) is 22.6 Å². The minimum absolute atomic E-state index is 0.118. The van der Waals surface area contributed by atoms with E-state index in [2.05, 4.69) is 36.6 Å². The van der Waals surface area contributed by atoms with Gasteiger partial charge >= 0.3 is 0 Å². The molecule has 0 saturated heterocycles. The summed E-state index contributed by atoms with van der Waals surface area (Å²) in [5, 5.41) is 5.84. The molecule has 27 heavy (non-hydrogen) atoms. The fraction of sp³-hybridized carbons (Fsp3) is 0.294. The molecule has 0 amide bonds. The summed E-state index contributed by atoms with van der Waals surface area (Å²) in [7, 11) is 0.820. The van der Waals surface area contributed by atoms with Gasteiger partial charge in [-0.2, -0.15) is 4.98 Å². The third-order valence-corrected chi connectivity index (χ3v) is 6.34.